The molecule has 170 valence electrons. The van der Waals surface area contributed by atoms with E-state index in [1.165, 1.54) is 18.3 Å². The van der Waals surface area contributed by atoms with Crippen LogP contribution in [0.15, 0.2) is 87.1 Å². The summed E-state index contributed by atoms with van der Waals surface area (Å²) in [5.74, 6) is 0.508. The van der Waals surface area contributed by atoms with Crippen LogP contribution in [-0.2, 0) is 6.61 Å². The highest BCUT2D eigenvalue weighted by atomic mass is 16.6. The molecule has 1 aromatic heterocycles. The first kappa shape index (κ1) is 22.1. The van der Waals surface area contributed by atoms with E-state index < -0.39 is 26.8 Å². The van der Waals surface area contributed by atoms with Crippen LogP contribution in [0.25, 0.3) is 11.0 Å². The van der Waals surface area contributed by atoms with Gasteiger partial charge in [0.05, 0.1) is 22.1 Å². The average molecular weight is 460 g/mol. The standard InChI is InChI=1S/C23H16N4O7/c28-23-10-16(13-24-25-20-9-6-17(26(29)30)11-21(20)27(31)32)19-8-7-18(12-22(19)34-23)33-14-15-4-2-1-3-5-15/h1-13,25H,14H2/b24-13-. The lowest BCUT2D eigenvalue weighted by Gasteiger charge is -2.08. The summed E-state index contributed by atoms with van der Waals surface area (Å²) in [6.07, 6.45) is 1.30. The number of nitro benzene ring substituents is 2. The first-order valence-corrected chi connectivity index (χ1v) is 9.87. The molecule has 0 aliphatic heterocycles. The van der Waals surface area contributed by atoms with Crippen molar-refractivity contribution in [3.8, 4) is 5.75 Å². The third-order valence-corrected chi connectivity index (χ3v) is 4.77. The normalized spacial score (nSPS) is 10.9. The molecule has 0 amide bonds. The van der Waals surface area contributed by atoms with Gasteiger partial charge in [-0.2, -0.15) is 5.10 Å². The molecule has 0 saturated heterocycles. The van der Waals surface area contributed by atoms with Gasteiger partial charge in [0, 0.05) is 29.1 Å². The summed E-state index contributed by atoms with van der Waals surface area (Å²) in [6.45, 7) is 0.343. The van der Waals surface area contributed by atoms with Crippen LogP contribution in [0.5, 0.6) is 5.75 Å². The van der Waals surface area contributed by atoms with Crippen LogP contribution < -0.4 is 15.8 Å². The summed E-state index contributed by atoms with van der Waals surface area (Å²) in [6, 6.07) is 18.9. The van der Waals surface area contributed by atoms with Gasteiger partial charge in [-0.1, -0.05) is 30.3 Å². The molecule has 0 aliphatic rings. The molecule has 11 heteroatoms. The fraction of sp³-hybridized carbons (Fsp3) is 0.0435. The van der Waals surface area contributed by atoms with E-state index in [1.54, 1.807) is 18.2 Å². The molecule has 0 saturated carbocycles. The van der Waals surface area contributed by atoms with Gasteiger partial charge in [0.15, 0.2) is 0 Å². The van der Waals surface area contributed by atoms with E-state index in [9.17, 15) is 25.0 Å². The lowest BCUT2D eigenvalue weighted by Crippen LogP contribution is -2.02. The number of ether oxygens (including phenoxy) is 1. The van der Waals surface area contributed by atoms with Crippen molar-refractivity contribution in [2.75, 3.05) is 5.43 Å². The van der Waals surface area contributed by atoms with Gasteiger partial charge in [0.25, 0.3) is 5.69 Å². The smallest absolute Gasteiger partial charge is 0.336 e. The number of hydrazone groups is 1. The Kier molecular flexibility index (Phi) is 6.26. The predicted octanol–water partition coefficient (Wildman–Crippen LogP) is 4.63. The molecule has 4 rings (SSSR count). The molecule has 0 bridgehead atoms. The van der Waals surface area contributed by atoms with Crippen molar-refractivity contribution in [1.82, 2.24) is 0 Å². The minimum Gasteiger partial charge on any atom is -0.489 e. The Morgan fingerprint density at radius 3 is 2.50 bits per heavy atom. The summed E-state index contributed by atoms with van der Waals surface area (Å²) in [7, 11) is 0. The van der Waals surface area contributed by atoms with Crippen molar-refractivity contribution in [1.29, 1.82) is 0 Å². The molecule has 34 heavy (non-hydrogen) atoms. The molecular weight excluding hydrogens is 444 g/mol. The second-order valence-corrected chi connectivity index (χ2v) is 7.04. The molecule has 11 nitrogen and oxygen atoms in total. The van der Waals surface area contributed by atoms with Crippen molar-refractivity contribution in [3.05, 3.63) is 115 Å². The molecule has 3 aromatic carbocycles. The van der Waals surface area contributed by atoms with Gasteiger partial charge in [-0.05, 0) is 23.8 Å². The fourth-order valence-electron chi connectivity index (χ4n) is 3.16. The number of hydrogen-bond acceptors (Lipinski definition) is 9. The van der Waals surface area contributed by atoms with Crippen molar-refractivity contribution >= 4 is 34.2 Å². The van der Waals surface area contributed by atoms with Crippen LogP contribution in [0.3, 0.4) is 0 Å². The van der Waals surface area contributed by atoms with Gasteiger partial charge in [-0.15, -0.1) is 0 Å². The van der Waals surface area contributed by atoms with Gasteiger partial charge in [0.2, 0.25) is 0 Å². The van der Waals surface area contributed by atoms with Crippen LogP contribution in [-0.4, -0.2) is 16.1 Å². The van der Waals surface area contributed by atoms with Crippen molar-refractivity contribution in [3.63, 3.8) is 0 Å². The number of nitrogens with zero attached hydrogens (tertiary/aromatic N) is 3. The predicted molar refractivity (Wildman–Crippen MR) is 124 cm³/mol. The SMILES string of the molecule is O=c1cc(/C=N\Nc2ccc([N+](=O)[O-])cc2[N+](=O)[O-])c2ccc(OCc3ccccc3)cc2o1. The van der Waals surface area contributed by atoms with E-state index in [-0.39, 0.29) is 11.3 Å². The number of rotatable bonds is 8. The number of nitro groups is 2. The van der Waals surface area contributed by atoms with Gasteiger partial charge in [-0.25, -0.2) is 4.79 Å². The number of benzene rings is 3. The van der Waals surface area contributed by atoms with Gasteiger partial charge >= 0.3 is 11.3 Å². The van der Waals surface area contributed by atoms with E-state index in [1.807, 2.05) is 30.3 Å². The number of non-ortho nitro benzene ring substituents is 1. The van der Waals surface area contributed by atoms with E-state index >= 15 is 0 Å². The molecule has 0 radical (unpaired) electrons. The number of anilines is 1. The van der Waals surface area contributed by atoms with Crippen LogP contribution in [0, 0.1) is 20.2 Å². The quantitative estimate of drug-likeness (QED) is 0.173. The molecular formula is C23H16N4O7. The van der Waals surface area contributed by atoms with Crippen molar-refractivity contribution < 1.29 is 19.0 Å². The molecule has 0 spiro atoms. The third-order valence-electron chi connectivity index (χ3n) is 4.77. The summed E-state index contributed by atoms with van der Waals surface area (Å²) in [4.78, 5) is 32.7. The molecule has 1 heterocycles. The van der Waals surface area contributed by atoms with Crippen LogP contribution in [0.2, 0.25) is 0 Å². The highest BCUT2D eigenvalue weighted by molar-refractivity contribution is 5.97. The Hall–Kier alpha value is -5.06. The maximum Gasteiger partial charge on any atom is 0.336 e. The second-order valence-electron chi connectivity index (χ2n) is 7.04. The minimum atomic E-state index is -0.756. The average Bonchev–Trinajstić information content (AvgIpc) is 2.83. The van der Waals surface area contributed by atoms with E-state index in [0.29, 0.717) is 23.3 Å². The zero-order valence-corrected chi connectivity index (χ0v) is 17.4. The monoisotopic (exact) mass is 460 g/mol. The van der Waals surface area contributed by atoms with Crippen LogP contribution in [0.1, 0.15) is 11.1 Å². The molecule has 0 fully saturated rings. The maximum atomic E-state index is 12.0. The highest BCUT2D eigenvalue weighted by Crippen LogP contribution is 2.29. The largest absolute Gasteiger partial charge is 0.489 e. The maximum absolute atomic E-state index is 12.0. The van der Waals surface area contributed by atoms with Gasteiger partial charge in [0.1, 0.15) is 23.6 Å². The van der Waals surface area contributed by atoms with Gasteiger partial charge in [-0.3, -0.25) is 25.7 Å². The fourth-order valence-corrected chi connectivity index (χ4v) is 3.16. The molecule has 0 atom stereocenters. The third kappa shape index (κ3) is 5.05. The van der Waals surface area contributed by atoms with Crippen LogP contribution >= 0.6 is 0 Å². The lowest BCUT2D eigenvalue weighted by atomic mass is 10.1. The molecule has 1 N–H and O–H groups in total. The van der Waals surface area contributed by atoms with E-state index in [0.717, 1.165) is 17.7 Å². The Morgan fingerprint density at radius 1 is 0.971 bits per heavy atom. The molecule has 0 aliphatic carbocycles. The topological polar surface area (TPSA) is 150 Å². The second kappa shape index (κ2) is 9.61. The zero-order valence-electron chi connectivity index (χ0n) is 17.4. The summed E-state index contributed by atoms with van der Waals surface area (Å²) in [5.41, 5.74) is 2.56. The van der Waals surface area contributed by atoms with Crippen LogP contribution in [0.4, 0.5) is 17.1 Å². The number of nitrogens with one attached hydrogen (secondary N) is 1. The highest BCUT2D eigenvalue weighted by Gasteiger charge is 2.19. The summed E-state index contributed by atoms with van der Waals surface area (Å²) >= 11 is 0. The molecule has 0 unspecified atom stereocenters. The van der Waals surface area contributed by atoms with E-state index in [4.69, 9.17) is 9.15 Å². The Morgan fingerprint density at radius 2 is 1.76 bits per heavy atom. The first-order chi connectivity index (χ1) is 16.4. The Bertz CT molecular complexity index is 1470. The number of fused-ring (bicyclic) bond motifs is 1. The van der Waals surface area contributed by atoms with E-state index in [2.05, 4.69) is 10.5 Å². The van der Waals surface area contributed by atoms with Crippen molar-refractivity contribution in [2.24, 2.45) is 5.10 Å². The first-order valence-electron chi connectivity index (χ1n) is 9.87. The minimum absolute atomic E-state index is 0.0456. The Balaban J connectivity index is 1.57. The lowest BCUT2D eigenvalue weighted by molar-refractivity contribution is -0.393. The zero-order chi connectivity index (χ0) is 24.1. The Labute approximate surface area is 191 Å². The number of hydrogen-bond donors (Lipinski definition) is 1. The summed E-state index contributed by atoms with van der Waals surface area (Å²) in [5, 5.41) is 26.6. The van der Waals surface area contributed by atoms with Crippen molar-refractivity contribution in [2.45, 2.75) is 6.61 Å². The molecule has 4 aromatic rings. The summed E-state index contributed by atoms with van der Waals surface area (Å²) < 4.78 is 11.0. The van der Waals surface area contributed by atoms with Gasteiger partial charge < -0.3 is 9.15 Å².